The van der Waals surface area contributed by atoms with Crippen molar-refractivity contribution in [2.75, 3.05) is 20.1 Å². The van der Waals surface area contributed by atoms with Gasteiger partial charge in [0.2, 0.25) is 0 Å². The van der Waals surface area contributed by atoms with Gasteiger partial charge >= 0.3 is 6.09 Å². The van der Waals surface area contributed by atoms with E-state index >= 15 is 0 Å². The van der Waals surface area contributed by atoms with Crippen LogP contribution in [0.1, 0.15) is 92.4 Å². The van der Waals surface area contributed by atoms with E-state index in [1.54, 1.807) is 4.90 Å². The number of carbonyl (C=O) groups excluding carboxylic acids is 2. The summed E-state index contributed by atoms with van der Waals surface area (Å²) in [6.07, 6.45) is 9.75. The van der Waals surface area contributed by atoms with Gasteiger partial charge in [-0.1, -0.05) is 19.0 Å². The number of amides is 1. The summed E-state index contributed by atoms with van der Waals surface area (Å²) in [4.78, 5) is 32.1. The molecule has 0 heterocycles. The van der Waals surface area contributed by atoms with Gasteiger partial charge in [0.15, 0.2) is 0 Å². The lowest BCUT2D eigenvalue weighted by atomic mass is 9.44. The molecule has 34 heavy (non-hydrogen) atoms. The number of likely N-dealkylation sites (N-methyl/N-ethyl adjacent to an activating group) is 1. The lowest BCUT2D eigenvalue weighted by Crippen LogP contribution is -2.53. The molecule has 0 saturated heterocycles. The van der Waals surface area contributed by atoms with Gasteiger partial charge in [-0.25, -0.2) is 4.79 Å². The van der Waals surface area contributed by atoms with E-state index in [4.69, 9.17) is 4.84 Å². The predicted molar refractivity (Wildman–Crippen MR) is 136 cm³/mol. The maximum atomic E-state index is 12.7. The van der Waals surface area contributed by atoms with Crippen molar-refractivity contribution >= 4 is 17.6 Å². The Hall–Kier alpha value is -1.43. The van der Waals surface area contributed by atoms with Crippen molar-refractivity contribution in [3.05, 3.63) is 0 Å². The fourth-order valence-electron chi connectivity index (χ4n) is 8.75. The molecule has 4 rings (SSSR count). The number of nitrogens with zero attached hydrogens (tertiary/aromatic N) is 2. The zero-order valence-corrected chi connectivity index (χ0v) is 22.4. The van der Waals surface area contributed by atoms with Crippen LogP contribution in [0.5, 0.6) is 0 Å². The third-order valence-electron chi connectivity index (χ3n) is 10.7. The van der Waals surface area contributed by atoms with E-state index in [9.17, 15) is 9.59 Å². The number of carbonyl (C=O) groups is 2. The summed E-state index contributed by atoms with van der Waals surface area (Å²) in [6.45, 7) is 12.4. The minimum atomic E-state index is -0.355. The molecule has 1 N–H and O–H groups in total. The summed E-state index contributed by atoms with van der Waals surface area (Å²) in [7, 11) is 1.89. The molecule has 0 aromatic rings. The van der Waals surface area contributed by atoms with Crippen LogP contribution in [0.4, 0.5) is 4.79 Å². The minimum Gasteiger partial charge on any atom is -0.318 e. The molecule has 1 amide bonds. The molecule has 6 nitrogen and oxygen atoms in total. The normalized spacial score (nSPS) is 39.9. The Morgan fingerprint density at radius 1 is 1.12 bits per heavy atom. The number of rotatable bonds is 6. The highest BCUT2D eigenvalue weighted by molar-refractivity contribution is 5.85. The molecule has 0 aliphatic heterocycles. The van der Waals surface area contributed by atoms with Gasteiger partial charge in [0.25, 0.3) is 0 Å². The Balaban J connectivity index is 1.45. The molecule has 4 saturated carbocycles. The maximum Gasteiger partial charge on any atom is 0.436 e. The Morgan fingerprint density at radius 3 is 2.56 bits per heavy atom. The van der Waals surface area contributed by atoms with Crippen molar-refractivity contribution in [2.24, 2.45) is 45.6 Å². The van der Waals surface area contributed by atoms with Crippen molar-refractivity contribution in [3.8, 4) is 0 Å². The van der Waals surface area contributed by atoms with E-state index in [1.165, 1.54) is 32.1 Å². The molecule has 6 heteroatoms. The van der Waals surface area contributed by atoms with E-state index in [0.29, 0.717) is 29.6 Å². The topological polar surface area (TPSA) is 71.0 Å². The van der Waals surface area contributed by atoms with Gasteiger partial charge in [0, 0.05) is 37.9 Å². The molecule has 7 atom stereocenters. The molecule has 4 fully saturated rings. The first-order valence-electron chi connectivity index (χ1n) is 13.8. The smallest absolute Gasteiger partial charge is 0.318 e. The van der Waals surface area contributed by atoms with Gasteiger partial charge in [-0.2, -0.15) is 0 Å². The average Bonchev–Trinajstić information content (AvgIpc) is 3.15. The zero-order valence-electron chi connectivity index (χ0n) is 22.4. The highest BCUT2D eigenvalue weighted by Crippen LogP contribution is 2.67. The van der Waals surface area contributed by atoms with E-state index in [0.717, 1.165) is 55.7 Å². The molecule has 0 aromatic carbocycles. The fraction of sp³-hybridized carbons (Fsp3) is 0.893. The van der Waals surface area contributed by atoms with Gasteiger partial charge in [-0.05, 0) is 107 Å². The molecular formula is C28H47N3O3. The number of ketones is 1. The Labute approximate surface area is 206 Å². The van der Waals surface area contributed by atoms with Crippen LogP contribution in [0.25, 0.3) is 0 Å². The van der Waals surface area contributed by atoms with Crippen LogP contribution in [-0.4, -0.2) is 48.7 Å². The molecule has 0 unspecified atom stereocenters. The quantitative estimate of drug-likeness (QED) is 0.307. The number of Topliss-reactive ketones (excluding diaryl/α,β-unsaturated/α-hetero) is 1. The number of hydrogen-bond acceptors (Lipinski definition) is 5. The van der Waals surface area contributed by atoms with Crippen molar-refractivity contribution in [2.45, 2.75) is 98.4 Å². The van der Waals surface area contributed by atoms with E-state index in [2.05, 4.69) is 31.2 Å². The standard InChI is InChI=1S/C28H47N3O3/c1-18(2)31(16-15-29-6)26(33)34-30-19(3)23-9-10-24-22-8-7-20-17-21(32)11-13-27(20,4)25(22)12-14-28(23,24)5/h18,20,22-25,29H,7-17H2,1-6H3/b30-19+/t20-,22+,23-,24+,25+,27+,28-/m1/s1. The molecular weight excluding hydrogens is 426 g/mol. The number of nitrogens with one attached hydrogen (secondary N) is 1. The van der Waals surface area contributed by atoms with Crippen LogP contribution in [0.15, 0.2) is 5.16 Å². The highest BCUT2D eigenvalue weighted by Gasteiger charge is 2.60. The SMILES string of the molecule is CNCCN(C(=O)O/N=C(\C)[C@H]1CC[C@H]2[C@@H]3CC[C@@H]4CC(=O)CC[C@]4(C)[C@H]3CC[C@]12C)C(C)C. The monoisotopic (exact) mass is 473 g/mol. The Kier molecular flexibility index (Phi) is 7.48. The van der Waals surface area contributed by atoms with Crippen molar-refractivity contribution < 1.29 is 14.4 Å². The fourth-order valence-corrected chi connectivity index (χ4v) is 8.75. The van der Waals surface area contributed by atoms with Gasteiger partial charge in [0.05, 0.1) is 5.71 Å². The molecule has 0 spiro atoms. The number of hydrogen-bond donors (Lipinski definition) is 1. The largest absolute Gasteiger partial charge is 0.436 e. The van der Waals surface area contributed by atoms with Crippen molar-refractivity contribution in [1.82, 2.24) is 10.2 Å². The summed E-state index contributed by atoms with van der Waals surface area (Å²) >= 11 is 0. The summed E-state index contributed by atoms with van der Waals surface area (Å²) in [5.41, 5.74) is 1.57. The molecule has 0 radical (unpaired) electrons. The molecule has 0 bridgehead atoms. The van der Waals surface area contributed by atoms with E-state index < -0.39 is 0 Å². The van der Waals surface area contributed by atoms with Crippen LogP contribution < -0.4 is 5.32 Å². The molecule has 4 aliphatic carbocycles. The lowest BCUT2D eigenvalue weighted by Gasteiger charge is -2.60. The van der Waals surface area contributed by atoms with Gasteiger partial charge in [-0.3, -0.25) is 9.63 Å². The van der Waals surface area contributed by atoms with Gasteiger partial charge < -0.3 is 10.2 Å². The highest BCUT2D eigenvalue weighted by atomic mass is 16.7. The summed E-state index contributed by atoms with van der Waals surface area (Å²) < 4.78 is 0. The Morgan fingerprint density at radius 2 is 1.85 bits per heavy atom. The van der Waals surface area contributed by atoms with E-state index in [-0.39, 0.29) is 17.6 Å². The van der Waals surface area contributed by atoms with Gasteiger partial charge in [-0.15, -0.1) is 0 Å². The van der Waals surface area contributed by atoms with Gasteiger partial charge in [0.1, 0.15) is 5.78 Å². The number of fused-ring (bicyclic) bond motifs is 5. The van der Waals surface area contributed by atoms with Crippen molar-refractivity contribution in [1.29, 1.82) is 0 Å². The van der Waals surface area contributed by atoms with Crippen LogP contribution in [0, 0.1) is 40.4 Å². The average molecular weight is 474 g/mol. The molecule has 4 aliphatic rings. The third kappa shape index (κ3) is 4.44. The number of oxime groups is 1. The second-order valence-corrected chi connectivity index (χ2v) is 12.6. The first-order valence-corrected chi connectivity index (χ1v) is 13.8. The van der Waals surface area contributed by atoms with Crippen molar-refractivity contribution in [3.63, 3.8) is 0 Å². The first kappa shape index (κ1) is 25.7. The van der Waals surface area contributed by atoms with Crippen LogP contribution in [0.2, 0.25) is 0 Å². The van der Waals surface area contributed by atoms with Crippen LogP contribution >= 0.6 is 0 Å². The van der Waals surface area contributed by atoms with E-state index in [1.807, 2.05) is 20.9 Å². The first-order chi connectivity index (χ1) is 16.1. The molecule has 192 valence electrons. The lowest BCUT2D eigenvalue weighted by molar-refractivity contribution is -0.138. The second kappa shape index (κ2) is 9.91. The maximum absolute atomic E-state index is 12.7. The van der Waals surface area contributed by atoms with Crippen LogP contribution in [-0.2, 0) is 9.63 Å². The minimum absolute atomic E-state index is 0.0755. The summed E-state index contributed by atoms with van der Waals surface area (Å²) in [5.74, 6) is 3.73. The third-order valence-corrected chi connectivity index (χ3v) is 10.7. The van der Waals surface area contributed by atoms with Crippen LogP contribution in [0.3, 0.4) is 0 Å². The summed E-state index contributed by atoms with van der Waals surface area (Å²) in [6, 6.07) is 0.0755. The zero-order chi connectivity index (χ0) is 24.7. The Bertz CT molecular complexity index is 811. The second-order valence-electron chi connectivity index (χ2n) is 12.6. The molecule has 0 aromatic heterocycles. The summed E-state index contributed by atoms with van der Waals surface area (Å²) in [5, 5.41) is 7.51. The predicted octanol–water partition coefficient (Wildman–Crippen LogP) is 5.66.